The first-order valence-corrected chi connectivity index (χ1v) is 7.01. The first-order chi connectivity index (χ1) is 9.61. The highest BCUT2D eigenvalue weighted by Crippen LogP contribution is 2.32. The van der Waals surface area contributed by atoms with Gasteiger partial charge in [0.25, 0.3) is 5.91 Å². The predicted molar refractivity (Wildman–Crippen MR) is 83.1 cm³/mol. The highest BCUT2D eigenvalue weighted by molar-refractivity contribution is 9.10. The van der Waals surface area contributed by atoms with Crippen LogP contribution in [0.15, 0.2) is 46.9 Å². The number of para-hydroxylation sites is 1. The first-order valence-electron chi connectivity index (χ1n) is 6.22. The molecule has 20 heavy (non-hydrogen) atoms. The lowest BCUT2D eigenvalue weighted by molar-refractivity contribution is 0.0955. The van der Waals surface area contributed by atoms with Crippen molar-refractivity contribution in [1.29, 1.82) is 0 Å². The summed E-state index contributed by atoms with van der Waals surface area (Å²) in [5.41, 5.74) is 6.89. The van der Waals surface area contributed by atoms with E-state index >= 15 is 0 Å². The van der Waals surface area contributed by atoms with Crippen molar-refractivity contribution in [3.63, 3.8) is 0 Å². The molecule has 0 aliphatic rings. The van der Waals surface area contributed by atoms with Gasteiger partial charge in [-0.05, 0) is 53.2 Å². The Balaban J connectivity index is 2.30. The second kappa shape index (κ2) is 6.43. The zero-order chi connectivity index (χ0) is 14.5. The molecular formula is C15H15BrN2O2. The van der Waals surface area contributed by atoms with E-state index in [-0.39, 0.29) is 5.91 Å². The van der Waals surface area contributed by atoms with E-state index in [9.17, 15) is 4.79 Å². The number of nitrogens with two attached hydrogens (primary N) is 1. The minimum Gasteiger partial charge on any atom is -0.454 e. The van der Waals surface area contributed by atoms with Gasteiger partial charge in [0.1, 0.15) is 5.75 Å². The molecule has 1 amide bonds. The van der Waals surface area contributed by atoms with Crippen molar-refractivity contribution in [1.82, 2.24) is 5.32 Å². The second-order valence-corrected chi connectivity index (χ2v) is 5.00. The number of nitrogens with one attached hydrogen (secondary N) is 1. The first kappa shape index (κ1) is 14.4. The summed E-state index contributed by atoms with van der Waals surface area (Å²) in [4.78, 5) is 11.8. The third kappa shape index (κ3) is 3.30. The standard InChI is InChI=1S/C15H15BrN2O2/c1-2-18-15(19)10-7-8-12(17)14(9-10)20-13-6-4-3-5-11(13)16/h3-9H,2,17H2,1H3,(H,18,19). The quantitative estimate of drug-likeness (QED) is 0.840. The van der Waals surface area contributed by atoms with Crippen molar-refractivity contribution in [2.24, 2.45) is 0 Å². The van der Waals surface area contributed by atoms with Gasteiger partial charge in [0.05, 0.1) is 10.2 Å². The summed E-state index contributed by atoms with van der Waals surface area (Å²) in [6.45, 7) is 2.44. The van der Waals surface area contributed by atoms with Gasteiger partial charge in [0.2, 0.25) is 0 Å². The number of rotatable bonds is 4. The molecule has 0 unspecified atom stereocenters. The molecule has 0 saturated heterocycles. The van der Waals surface area contributed by atoms with E-state index in [4.69, 9.17) is 10.5 Å². The average molecular weight is 335 g/mol. The maximum atomic E-state index is 11.8. The van der Waals surface area contributed by atoms with Crippen LogP contribution in [0, 0.1) is 0 Å². The fourth-order valence-corrected chi connectivity index (χ4v) is 2.04. The normalized spacial score (nSPS) is 10.1. The highest BCUT2D eigenvalue weighted by Gasteiger charge is 2.10. The lowest BCUT2D eigenvalue weighted by Gasteiger charge is -2.11. The monoisotopic (exact) mass is 334 g/mol. The summed E-state index contributed by atoms with van der Waals surface area (Å²) in [5.74, 6) is 0.956. The van der Waals surface area contributed by atoms with Crippen LogP contribution in [0.1, 0.15) is 17.3 Å². The molecule has 3 N–H and O–H groups in total. The molecule has 0 atom stereocenters. The van der Waals surface area contributed by atoms with Crippen LogP contribution in [0.3, 0.4) is 0 Å². The molecule has 0 radical (unpaired) electrons. The topological polar surface area (TPSA) is 64.4 Å². The Morgan fingerprint density at radius 1 is 1.25 bits per heavy atom. The SMILES string of the molecule is CCNC(=O)c1ccc(N)c(Oc2ccccc2Br)c1. The van der Waals surface area contributed by atoms with Crippen molar-refractivity contribution < 1.29 is 9.53 Å². The van der Waals surface area contributed by atoms with E-state index in [1.807, 2.05) is 31.2 Å². The van der Waals surface area contributed by atoms with Crippen LogP contribution in [-0.4, -0.2) is 12.5 Å². The van der Waals surface area contributed by atoms with Gasteiger partial charge in [0, 0.05) is 12.1 Å². The molecule has 4 nitrogen and oxygen atoms in total. The molecule has 0 fully saturated rings. The summed E-state index contributed by atoms with van der Waals surface area (Å²) in [7, 11) is 0. The number of halogens is 1. The van der Waals surface area contributed by atoms with E-state index < -0.39 is 0 Å². The second-order valence-electron chi connectivity index (χ2n) is 4.14. The number of hydrogen-bond acceptors (Lipinski definition) is 3. The summed E-state index contributed by atoms with van der Waals surface area (Å²) >= 11 is 3.41. The minimum atomic E-state index is -0.149. The Labute approximate surface area is 126 Å². The number of benzene rings is 2. The van der Waals surface area contributed by atoms with Crippen LogP contribution in [0.5, 0.6) is 11.5 Å². The van der Waals surface area contributed by atoms with Gasteiger partial charge in [-0.15, -0.1) is 0 Å². The number of carbonyl (C=O) groups excluding carboxylic acids is 1. The number of ether oxygens (including phenoxy) is 1. The summed E-state index contributed by atoms with van der Waals surface area (Å²) in [6, 6.07) is 12.4. The molecule has 0 spiro atoms. The molecule has 104 valence electrons. The summed E-state index contributed by atoms with van der Waals surface area (Å²) < 4.78 is 6.58. The Hall–Kier alpha value is -2.01. The molecule has 2 aromatic rings. The van der Waals surface area contributed by atoms with E-state index in [2.05, 4.69) is 21.2 Å². The van der Waals surface area contributed by atoms with Crippen molar-refractivity contribution in [3.05, 3.63) is 52.5 Å². The fraction of sp³-hybridized carbons (Fsp3) is 0.133. The Morgan fingerprint density at radius 2 is 2.00 bits per heavy atom. The third-order valence-corrected chi connectivity index (χ3v) is 3.32. The van der Waals surface area contributed by atoms with Gasteiger partial charge >= 0.3 is 0 Å². The maximum absolute atomic E-state index is 11.8. The van der Waals surface area contributed by atoms with Crippen molar-refractivity contribution in [2.45, 2.75) is 6.92 Å². The Bertz CT molecular complexity index is 629. The number of nitrogen functional groups attached to an aromatic ring is 1. The lowest BCUT2D eigenvalue weighted by Crippen LogP contribution is -2.22. The van der Waals surface area contributed by atoms with Crippen LogP contribution in [0.25, 0.3) is 0 Å². The van der Waals surface area contributed by atoms with Crippen LogP contribution < -0.4 is 15.8 Å². The lowest BCUT2D eigenvalue weighted by atomic mass is 10.1. The van der Waals surface area contributed by atoms with E-state index in [1.165, 1.54) is 0 Å². The van der Waals surface area contributed by atoms with Crippen molar-refractivity contribution in [2.75, 3.05) is 12.3 Å². The highest BCUT2D eigenvalue weighted by atomic mass is 79.9. The van der Waals surface area contributed by atoms with Gasteiger partial charge < -0.3 is 15.8 Å². The number of hydrogen-bond donors (Lipinski definition) is 2. The number of amides is 1. The van der Waals surface area contributed by atoms with Crippen LogP contribution >= 0.6 is 15.9 Å². The number of carbonyl (C=O) groups is 1. The molecule has 2 rings (SSSR count). The van der Waals surface area contributed by atoms with Crippen LogP contribution in [0.4, 0.5) is 5.69 Å². The van der Waals surface area contributed by atoms with Crippen molar-refractivity contribution in [3.8, 4) is 11.5 Å². The molecule has 0 heterocycles. The number of anilines is 1. The van der Waals surface area contributed by atoms with E-state index in [1.54, 1.807) is 18.2 Å². The fourth-order valence-electron chi connectivity index (χ4n) is 1.67. The van der Waals surface area contributed by atoms with Gasteiger partial charge in [-0.1, -0.05) is 12.1 Å². The van der Waals surface area contributed by atoms with Gasteiger partial charge in [-0.2, -0.15) is 0 Å². The molecule has 5 heteroatoms. The predicted octanol–water partition coefficient (Wildman–Crippen LogP) is 3.57. The summed E-state index contributed by atoms with van der Waals surface area (Å²) in [5, 5.41) is 2.74. The smallest absolute Gasteiger partial charge is 0.251 e. The third-order valence-electron chi connectivity index (χ3n) is 2.67. The molecule has 0 saturated carbocycles. The van der Waals surface area contributed by atoms with Crippen LogP contribution in [0.2, 0.25) is 0 Å². The average Bonchev–Trinajstić information content (AvgIpc) is 2.44. The van der Waals surface area contributed by atoms with Gasteiger partial charge in [-0.25, -0.2) is 0 Å². The van der Waals surface area contributed by atoms with Crippen molar-refractivity contribution >= 4 is 27.5 Å². The molecule has 0 bridgehead atoms. The maximum Gasteiger partial charge on any atom is 0.251 e. The largest absolute Gasteiger partial charge is 0.454 e. The Kier molecular flexibility index (Phi) is 4.63. The molecule has 0 aliphatic heterocycles. The zero-order valence-electron chi connectivity index (χ0n) is 11.0. The van der Waals surface area contributed by atoms with Gasteiger partial charge in [-0.3, -0.25) is 4.79 Å². The zero-order valence-corrected chi connectivity index (χ0v) is 12.6. The Morgan fingerprint density at radius 3 is 2.70 bits per heavy atom. The molecule has 2 aromatic carbocycles. The van der Waals surface area contributed by atoms with E-state index in [0.717, 1.165) is 4.47 Å². The van der Waals surface area contributed by atoms with Crippen LogP contribution in [-0.2, 0) is 0 Å². The molecule has 0 aliphatic carbocycles. The molecule has 0 aromatic heterocycles. The summed E-state index contributed by atoms with van der Waals surface area (Å²) in [6.07, 6.45) is 0. The van der Waals surface area contributed by atoms with Gasteiger partial charge in [0.15, 0.2) is 5.75 Å². The van der Waals surface area contributed by atoms with E-state index in [0.29, 0.717) is 29.3 Å². The molecular weight excluding hydrogens is 320 g/mol. The minimum absolute atomic E-state index is 0.149.